The number of carbonyl (C=O) groups is 2. The molecule has 1 aromatic heterocycles. The molecule has 0 bridgehead atoms. The number of aromatic nitrogens is 1. The maximum absolute atomic E-state index is 11.8. The van der Waals surface area contributed by atoms with Gasteiger partial charge in [0.2, 0.25) is 5.91 Å². The van der Waals surface area contributed by atoms with Crippen molar-refractivity contribution in [2.45, 2.75) is 71.1 Å². The van der Waals surface area contributed by atoms with E-state index in [1.807, 2.05) is 0 Å². The molecule has 1 N–H and O–H groups in total. The Bertz CT molecular complexity index is 558. The molecule has 7 nitrogen and oxygen atoms in total. The van der Waals surface area contributed by atoms with Crippen molar-refractivity contribution in [1.29, 1.82) is 0 Å². The standard InChI is InChI=1S/C18H27N3O4/c1-2-3-4-5-6-7-8-9-10-11-17(22)20-18(23)16-13-12-15(14-19-16)21(24)25/h12-14H,2-11H2,1H3,(H,20,22,23). The molecule has 0 radical (unpaired) electrons. The summed E-state index contributed by atoms with van der Waals surface area (Å²) in [5.74, 6) is -0.969. The summed E-state index contributed by atoms with van der Waals surface area (Å²) < 4.78 is 0. The van der Waals surface area contributed by atoms with E-state index in [0.29, 0.717) is 6.42 Å². The van der Waals surface area contributed by atoms with Gasteiger partial charge in [0.05, 0.1) is 4.92 Å². The summed E-state index contributed by atoms with van der Waals surface area (Å²) >= 11 is 0. The SMILES string of the molecule is CCCCCCCCCCCC(=O)NC(=O)c1ccc([N+](=O)[O-])cn1. The number of rotatable bonds is 12. The van der Waals surface area contributed by atoms with Crippen molar-refractivity contribution in [2.75, 3.05) is 0 Å². The summed E-state index contributed by atoms with van der Waals surface area (Å²) in [6.45, 7) is 2.20. The molecule has 0 saturated carbocycles. The maximum atomic E-state index is 11.8. The van der Waals surface area contributed by atoms with Gasteiger partial charge in [-0.2, -0.15) is 0 Å². The molecule has 0 aliphatic carbocycles. The van der Waals surface area contributed by atoms with Crippen LogP contribution in [0.15, 0.2) is 18.3 Å². The van der Waals surface area contributed by atoms with E-state index < -0.39 is 10.8 Å². The van der Waals surface area contributed by atoms with E-state index in [0.717, 1.165) is 25.5 Å². The van der Waals surface area contributed by atoms with Crippen LogP contribution in [0.1, 0.15) is 81.6 Å². The fraction of sp³-hybridized carbons (Fsp3) is 0.611. The Hall–Kier alpha value is -2.31. The quantitative estimate of drug-likeness (QED) is 0.347. The van der Waals surface area contributed by atoms with Gasteiger partial charge < -0.3 is 0 Å². The summed E-state index contributed by atoms with van der Waals surface area (Å²) in [6, 6.07) is 2.42. The summed E-state index contributed by atoms with van der Waals surface area (Å²) in [6.07, 6.45) is 11.7. The number of nitrogens with zero attached hydrogens (tertiary/aromatic N) is 2. The van der Waals surface area contributed by atoms with Gasteiger partial charge in [-0.15, -0.1) is 0 Å². The lowest BCUT2D eigenvalue weighted by molar-refractivity contribution is -0.385. The minimum Gasteiger partial charge on any atom is -0.291 e. The number of imide groups is 1. The number of pyridine rings is 1. The Kier molecular flexibility index (Phi) is 10.0. The third-order valence-electron chi connectivity index (χ3n) is 3.95. The zero-order chi connectivity index (χ0) is 18.5. The fourth-order valence-corrected chi connectivity index (χ4v) is 2.48. The van der Waals surface area contributed by atoms with E-state index in [1.54, 1.807) is 0 Å². The van der Waals surface area contributed by atoms with Crippen LogP contribution in [-0.4, -0.2) is 21.7 Å². The molecule has 0 aliphatic rings. The minimum atomic E-state index is -0.629. The Morgan fingerprint density at radius 3 is 2.16 bits per heavy atom. The van der Waals surface area contributed by atoms with Crippen LogP contribution >= 0.6 is 0 Å². The van der Waals surface area contributed by atoms with Gasteiger partial charge in [0, 0.05) is 12.5 Å². The third-order valence-corrected chi connectivity index (χ3v) is 3.95. The van der Waals surface area contributed by atoms with E-state index in [2.05, 4.69) is 17.2 Å². The molecule has 2 amide bonds. The number of nitro groups is 1. The molecule has 0 aliphatic heterocycles. The molecule has 1 rings (SSSR count). The normalized spacial score (nSPS) is 10.4. The number of hydrogen-bond acceptors (Lipinski definition) is 5. The molecule has 138 valence electrons. The van der Waals surface area contributed by atoms with E-state index in [1.165, 1.54) is 50.7 Å². The van der Waals surface area contributed by atoms with Crippen LogP contribution in [0.2, 0.25) is 0 Å². The zero-order valence-electron chi connectivity index (χ0n) is 14.8. The Labute approximate surface area is 148 Å². The first-order valence-corrected chi connectivity index (χ1v) is 8.99. The van der Waals surface area contributed by atoms with Crippen molar-refractivity contribution in [2.24, 2.45) is 0 Å². The highest BCUT2D eigenvalue weighted by atomic mass is 16.6. The Morgan fingerprint density at radius 1 is 1.04 bits per heavy atom. The van der Waals surface area contributed by atoms with Crippen molar-refractivity contribution in [3.05, 3.63) is 34.1 Å². The minimum absolute atomic E-state index is 0.00831. The van der Waals surface area contributed by atoms with Gasteiger partial charge in [0.15, 0.2) is 0 Å². The lowest BCUT2D eigenvalue weighted by atomic mass is 10.1. The van der Waals surface area contributed by atoms with Crippen LogP contribution in [0.5, 0.6) is 0 Å². The molecular weight excluding hydrogens is 322 g/mol. The van der Waals surface area contributed by atoms with Crippen molar-refractivity contribution in [3.8, 4) is 0 Å². The van der Waals surface area contributed by atoms with E-state index in [9.17, 15) is 19.7 Å². The summed E-state index contributed by atoms with van der Waals surface area (Å²) in [5, 5.41) is 12.8. The monoisotopic (exact) mass is 349 g/mol. The molecule has 25 heavy (non-hydrogen) atoms. The molecular formula is C18H27N3O4. The zero-order valence-corrected chi connectivity index (χ0v) is 14.8. The van der Waals surface area contributed by atoms with Crippen molar-refractivity contribution in [1.82, 2.24) is 10.3 Å². The number of unbranched alkanes of at least 4 members (excludes halogenated alkanes) is 8. The Morgan fingerprint density at radius 2 is 1.64 bits per heavy atom. The Balaban J connectivity index is 2.15. The number of amides is 2. The van der Waals surface area contributed by atoms with Gasteiger partial charge in [0.25, 0.3) is 11.6 Å². The highest BCUT2D eigenvalue weighted by Crippen LogP contribution is 2.11. The molecule has 1 heterocycles. The van der Waals surface area contributed by atoms with E-state index in [4.69, 9.17) is 0 Å². The molecule has 7 heteroatoms. The molecule has 0 unspecified atom stereocenters. The highest BCUT2D eigenvalue weighted by molar-refractivity contribution is 6.03. The lowest BCUT2D eigenvalue weighted by Gasteiger charge is -2.04. The van der Waals surface area contributed by atoms with Gasteiger partial charge in [-0.3, -0.25) is 25.0 Å². The largest absolute Gasteiger partial charge is 0.291 e. The number of carbonyl (C=O) groups excluding carboxylic acids is 2. The van der Waals surface area contributed by atoms with Gasteiger partial charge in [0.1, 0.15) is 11.9 Å². The van der Waals surface area contributed by atoms with Crippen LogP contribution in [-0.2, 0) is 4.79 Å². The van der Waals surface area contributed by atoms with Gasteiger partial charge in [-0.1, -0.05) is 58.3 Å². The van der Waals surface area contributed by atoms with Crippen molar-refractivity contribution in [3.63, 3.8) is 0 Å². The number of nitrogens with one attached hydrogen (secondary N) is 1. The smallest absolute Gasteiger partial charge is 0.287 e. The first kappa shape index (κ1) is 20.7. The van der Waals surface area contributed by atoms with Crippen LogP contribution in [0.25, 0.3) is 0 Å². The summed E-state index contributed by atoms with van der Waals surface area (Å²) in [5.41, 5.74) is -0.205. The summed E-state index contributed by atoms with van der Waals surface area (Å²) in [4.78, 5) is 37.2. The van der Waals surface area contributed by atoms with Crippen LogP contribution in [0.4, 0.5) is 5.69 Å². The second-order valence-electron chi connectivity index (χ2n) is 6.11. The first-order valence-electron chi connectivity index (χ1n) is 8.99. The maximum Gasteiger partial charge on any atom is 0.287 e. The molecule has 0 spiro atoms. The molecule has 0 fully saturated rings. The first-order chi connectivity index (χ1) is 12.0. The van der Waals surface area contributed by atoms with Crippen LogP contribution in [0, 0.1) is 10.1 Å². The van der Waals surface area contributed by atoms with Crippen molar-refractivity contribution < 1.29 is 14.5 Å². The molecule has 0 aromatic carbocycles. The number of hydrogen-bond donors (Lipinski definition) is 1. The van der Waals surface area contributed by atoms with E-state index >= 15 is 0 Å². The van der Waals surface area contributed by atoms with Crippen molar-refractivity contribution >= 4 is 17.5 Å². The fourth-order valence-electron chi connectivity index (χ4n) is 2.48. The molecule has 0 saturated heterocycles. The summed E-state index contributed by atoms with van der Waals surface area (Å²) in [7, 11) is 0. The second-order valence-corrected chi connectivity index (χ2v) is 6.11. The van der Waals surface area contributed by atoms with Gasteiger partial charge in [-0.05, 0) is 12.5 Å². The highest BCUT2D eigenvalue weighted by Gasteiger charge is 2.13. The van der Waals surface area contributed by atoms with E-state index in [-0.39, 0.29) is 17.3 Å². The topological polar surface area (TPSA) is 102 Å². The second kappa shape index (κ2) is 12.1. The third kappa shape index (κ3) is 8.93. The lowest BCUT2D eigenvalue weighted by Crippen LogP contribution is -2.30. The predicted molar refractivity (Wildman–Crippen MR) is 95.2 cm³/mol. The van der Waals surface area contributed by atoms with Crippen LogP contribution in [0.3, 0.4) is 0 Å². The van der Waals surface area contributed by atoms with Crippen LogP contribution < -0.4 is 5.32 Å². The molecule has 1 aromatic rings. The molecule has 0 atom stereocenters. The van der Waals surface area contributed by atoms with Gasteiger partial charge >= 0.3 is 0 Å². The van der Waals surface area contributed by atoms with Gasteiger partial charge in [-0.25, -0.2) is 4.98 Å². The average molecular weight is 349 g/mol. The predicted octanol–water partition coefficient (Wildman–Crippen LogP) is 4.17. The average Bonchev–Trinajstić information content (AvgIpc) is 2.60.